The van der Waals surface area contributed by atoms with E-state index >= 15 is 0 Å². The summed E-state index contributed by atoms with van der Waals surface area (Å²) in [6, 6.07) is 6.23. The fourth-order valence-corrected chi connectivity index (χ4v) is 2.01. The largest absolute Gasteiger partial charge is 0.478 e. The minimum absolute atomic E-state index is 0.127. The van der Waals surface area contributed by atoms with Gasteiger partial charge in [0.15, 0.2) is 9.84 Å². The Hall–Kier alpha value is -1.62. The first-order valence-electron chi connectivity index (χ1n) is 4.11. The molecule has 0 radical (unpaired) electrons. The third kappa shape index (κ3) is 3.21. The van der Waals surface area contributed by atoms with Crippen molar-refractivity contribution in [2.75, 3.05) is 6.26 Å². The van der Waals surface area contributed by atoms with Crippen LogP contribution in [-0.4, -0.2) is 25.7 Å². The lowest BCUT2D eigenvalue weighted by Crippen LogP contribution is -1.99. The van der Waals surface area contributed by atoms with Crippen LogP contribution in [0.3, 0.4) is 0 Å². The molecule has 0 unspecified atom stereocenters. The Bertz CT molecular complexity index is 500. The SMILES string of the molecule is CS(=O)(=O)c1ccccc1/C=C/C(=O)O. The molecule has 0 heterocycles. The molecule has 1 N–H and O–H groups in total. The van der Waals surface area contributed by atoms with Crippen LogP contribution in [0.25, 0.3) is 6.08 Å². The summed E-state index contributed by atoms with van der Waals surface area (Å²) in [5, 5.41) is 8.43. The van der Waals surface area contributed by atoms with E-state index in [1.165, 1.54) is 12.1 Å². The average Bonchev–Trinajstić information content (AvgIpc) is 2.13. The minimum atomic E-state index is -3.33. The summed E-state index contributed by atoms with van der Waals surface area (Å²) in [5.41, 5.74) is 0.377. The second kappa shape index (κ2) is 4.27. The predicted molar refractivity (Wildman–Crippen MR) is 56.2 cm³/mol. The van der Waals surface area contributed by atoms with Crippen LogP contribution < -0.4 is 0 Å². The highest BCUT2D eigenvalue weighted by Crippen LogP contribution is 2.16. The zero-order valence-electron chi connectivity index (χ0n) is 8.04. The standard InChI is InChI=1S/C10H10O4S/c1-15(13,14)9-5-3-2-4-8(9)6-7-10(11)12/h2-7H,1H3,(H,11,12)/b7-6+. The topological polar surface area (TPSA) is 71.4 Å². The molecular weight excluding hydrogens is 216 g/mol. The van der Waals surface area contributed by atoms with Crippen LogP contribution in [0.2, 0.25) is 0 Å². The zero-order chi connectivity index (χ0) is 11.5. The molecule has 1 aromatic rings. The summed E-state index contributed by atoms with van der Waals surface area (Å²) in [6.07, 6.45) is 3.25. The van der Waals surface area contributed by atoms with Gasteiger partial charge in [0.1, 0.15) is 0 Å². The van der Waals surface area contributed by atoms with E-state index in [-0.39, 0.29) is 4.90 Å². The van der Waals surface area contributed by atoms with Gasteiger partial charge in [-0.25, -0.2) is 13.2 Å². The summed E-state index contributed by atoms with van der Waals surface area (Å²) in [6.45, 7) is 0. The third-order valence-electron chi connectivity index (χ3n) is 1.72. The third-order valence-corrected chi connectivity index (χ3v) is 2.89. The van der Waals surface area contributed by atoms with Crippen molar-refractivity contribution in [3.63, 3.8) is 0 Å². The maximum absolute atomic E-state index is 11.3. The van der Waals surface area contributed by atoms with E-state index in [0.717, 1.165) is 12.3 Å². The Morgan fingerprint density at radius 2 is 1.93 bits per heavy atom. The van der Waals surface area contributed by atoms with Crippen LogP contribution in [0, 0.1) is 0 Å². The summed E-state index contributed by atoms with van der Waals surface area (Å²) in [5.74, 6) is -1.11. The van der Waals surface area contributed by atoms with Gasteiger partial charge in [-0.05, 0) is 17.7 Å². The van der Waals surface area contributed by atoms with Gasteiger partial charge < -0.3 is 5.11 Å². The van der Waals surface area contributed by atoms with Crippen LogP contribution in [0.15, 0.2) is 35.2 Å². The Labute approximate surface area is 87.8 Å². The molecule has 0 bridgehead atoms. The number of aliphatic carboxylic acids is 1. The molecule has 4 nitrogen and oxygen atoms in total. The highest BCUT2D eigenvalue weighted by molar-refractivity contribution is 7.90. The lowest BCUT2D eigenvalue weighted by atomic mass is 10.2. The molecular formula is C10H10O4S. The summed E-state index contributed by atoms with van der Waals surface area (Å²) >= 11 is 0. The van der Waals surface area contributed by atoms with Gasteiger partial charge in [0.05, 0.1) is 4.90 Å². The van der Waals surface area contributed by atoms with Crippen molar-refractivity contribution in [1.82, 2.24) is 0 Å². The van der Waals surface area contributed by atoms with Crippen molar-refractivity contribution in [2.45, 2.75) is 4.90 Å². The highest BCUT2D eigenvalue weighted by atomic mass is 32.2. The maximum atomic E-state index is 11.3. The van der Waals surface area contributed by atoms with Crippen LogP contribution in [-0.2, 0) is 14.6 Å². The van der Waals surface area contributed by atoms with Crippen molar-refractivity contribution >= 4 is 21.9 Å². The van der Waals surface area contributed by atoms with E-state index in [0.29, 0.717) is 5.56 Å². The van der Waals surface area contributed by atoms with E-state index < -0.39 is 15.8 Å². The number of sulfone groups is 1. The molecule has 0 aliphatic heterocycles. The lowest BCUT2D eigenvalue weighted by Gasteiger charge is -2.02. The van der Waals surface area contributed by atoms with Crippen molar-refractivity contribution in [3.8, 4) is 0 Å². The molecule has 0 amide bonds. The molecule has 0 saturated heterocycles. The van der Waals surface area contributed by atoms with Gasteiger partial charge in [0.25, 0.3) is 0 Å². The molecule has 0 aliphatic carbocycles. The number of benzene rings is 1. The lowest BCUT2D eigenvalue weighted by molar-refractivity contribution is -0.131. The molecule has 0 atom stereocenters. The molecule has 0 aliphatic rings. The monoisotopic (exact) mass is 226 g/mol. The quantitative estimate of drug-likeness (QED) is 0.786. The average molecular weight is 226 g/mol. The molecule has 0 spiro atoms. The van der Waals surface area contributed by atoms with Gasteiger partial charge in [-0.1, -0.05) is 18.2 Å². The minimum Gasteiger partial charge on any atom is -0.478 e. The van der Waals surface area contributed by atoms with Crippen LogP contribution in [0.4, 0.5) is 0 Å². The second-order valence-corrected chi connectivity index (χ2v) is 4.97. The van der Waals surface area contributed by atoms with Crippen molar-refractivity contribution in [2.24, 2.45) is 0 Å². The van der Waals surface area contributed by atoms with Gasteiger partial charge in [-0.2, -0.15) is 0 Å². The number of carbonyl (C=O) groups is 1. The summed E-state index contributed by atoms with van der Waals surface area (Å²) < 4.78 is 22.6. The number of hydrogen-bond donors (Lipinski definition) is 1. The number of hydrogen-bond acceptors (Lipinski definition) is 3. The zero-order valence-corrected chi connectivity index (χ0v) is 8.86. The smallest absolute Gasteiger partial charge is 0.328 e. The molecule has 5 heteroatoms. The fourth-order valence-electron chi connectivity index (χ4n) is 1.12. The van der Waals surface area contributed by atoms with Gasteiger partial charge in [0.2, 0.25) is 0 Å². The first kappa shape index (κ1) is 11.5. The Morgan fingerprint density at radius 3 is 2.47 bits per heavy atom. The molecule has 1 aromatic carbocycles. The number of rotatable bonds is 3. The maximum Gasteiger partial charge on any atom is 0.328 e. The van der Waals surface area contributed by atoms with E-state index in [1.54, 1.807) is 18.2 Å². The van der Waals surface area contributed by atoms with Crippen LogP contribution in [0.5, 0.6) is 0 Å². The highest BCUT2D eigenvalue weighted by Gasteiger charge is 2.10. The van der Waals surface area contributed by atoms with Gasteiger partial charge in [-0.15, -0.1) is 0 Å². The molecule has 1 rings (SSSR count). The van der Waals surface area contributed by atoms with E-state index in [2.05, 4.69) is 0 Å². The van der Waals surface area contributed by atoms with Crippen LogP contribution >= 0.6 is 0 Å². The van der Waals surface area contributed by atoms with Crippen molar-refractivity contribution in [1.29, 1.82) is 0 Å². The number of carboxylic acid groups (broad SMARTS) is 1. The van der Waals surface area contributed by atoms with Crippen LogP contribution in [0.1, 0.15) is 5.56 Å². The van der Waals surface area contributed by atoms with E-state index in [1.807, 2.05) is 0 Å². The van der Waals surface area contributed by atoms with Gasteiger partial charge >= 0.3 is 5.97 Å². The first-order chi connectivity index (χ1) is 6.91. The Kier molecular flexibility index (Phi) is 3.26. The predicted octanol–water partition coefficient (Wildman–Crippen LogP) is 1.19. The first-order valence-corrected chi connectivity index (χ1v) is 6.00. The van der Waals surface area contributed by atoms with E-state index in [4.69, 9.17) is 5.11 Å². The molecule has 0 saturated carbocycles. The molecule has 0 aromatic heterocycles. The normalized spacial score (nSPS) is 11.8. The molecule has 80 valence electrons. The molecule has 15 heavy (non-hydrogen) atoms. The number of carboxylic acids is 1. The summed E-state index contributed by atoms with van der Waals surface area (Å²) in [4.78, 5) is 10.4. The van der Waals surface area contributed by atoms with Gasteiger partial charge in [-0.3, -0.25) is 0 Å². The second-order valence-electron chi connectivity index (χ2n) is 2.98. The Balaban J connectivity index is 3.25. The fraction of sp³-hybridized carbons (Fsp3) is 0.100. The molecule has 0 fully saturated rings. The Morgan fingerprint density at radius 1 is 1.33 bits per heavy atom. The summed E-state index contributed by atoms with van der Waals surface area (Å²) in [7, 11) is -3.33. The van der Waals surface area contributed by atoms with Gasteiger partial charge in [0, 0.05) is 12.3 Å². The van der Waals surface area contributed by atoms with Crippen molar-refractivity contribution in [3.05, 3.63) is 35.9 Å². The van der Waals surface area contributed by atoms with Crippen molar-refractivity contribution < 1.29 is 18.3 Å². The van der Waals surface area contributed by atoms with E-state index in [9.17, 15) is 13.2 Å².